The lowest BCUT2D eigenvalue weighted by Gasteiger charge is -2.05. The molecular weight excluding hydrogens is 197 g/mol. The summed E-state index contributed by atoms with van der Waals surface area (Å²) in [5.41, 5.74) is 2.67. The summed E-state index contributed by atoms with van der Waals surface area (Å²) in [5.74, 6) is -1.02. The quantitative estimate of drug-likeness (QED) is 0.611. The van der Waals surface area contributed by atoms with Crippen LogP contribution in [0, 0.1) is 0 Å². The van der Waals surface area contributed by atoms with Crippen LogP contribution in [0.3, 0.4) is 0 Å². The Bertz CT molecular complexity index is 458. The largest absolute Gasteiger partial charge is 0.449 e. The first kappa shape index (κ1) is 9.04. The van der Waals surface area contributed by atoms with Crippen molar-refractivity contribution in [2.45, 2.75) is 19.1 Å². The van der Waals surface area contributed by atoms with Gasteiger partial charge in [-0.3, -0.25) is 0 Å². The zero-order chi connectivity index (χ0) is 10.3. The zero-order valence-electron chi connectivity index (χ0n) is 7.18. The van der Waals surface area contributed by atoms with Crippen molar-refractivity contribution >= 4 is 6.08 Å². The van der Waals surface area contributed by atoms with Gasteiger partial charge in [0.2, 0.25) is 5.82 Å². The fourth-order valence-corrected chi connectivity index (χ4v) is 1.16. The van der Waals surface area contributed by atoms with Crippen molar-refractivity contribution in [2.24, 2.45) is 5.10 Å². The minimum Gasteiger partial charge on any atom is -0.333 e. The average Bonchev–Trinajstić information content (AvgIpc) is 2.45. The molecule has 0 radical (unpaired) electrons. The second-order valence-corrected chi connectivity index (χ2v) is 3.02. The van der Waals surface area contributed by atoms with Crippen molar-refractivity contribution in [3.8, 4) is 0 Å². The molecule has 0 aliphatic carbocycles. The van der Waals surface area contributed by atoms with Crippen molar-refractivity contribution in [2.75, 3.05) is 0 Å². The van der Waals surface area contributed by atoms with E-state index in [0.29, 0.717) is 5.35 Å². The summed E-state index contributed by atoms with van der Waals surface area (Å²) < 4.78 is 36.6. The Morgan fingerprint density at radius 3 is 2.79 bits per heavy atom. The van der Waals surface area contributed by atoms with Crippen LogP contribution in [0.5, 0.6) is 0 Å². The van der Waals surface area contributed by atoms with E-state index in [2.05, 4.69) is 20.5 Å². The minimum absolute atomic E-state index is 0.0513. The van der Waals surface area contributed by atoms with Gasteiger partial charge in [-0.2, -0.15) is 18.3 Å². The molecule has 76 valence electrons. The molecule has 2 rings (SSSR count). The Balaban J connectivity index is 2.58. The normalized spacial score (nSPS) is 20.4. The molecular formula is C7H7F3N4. The maximum Gasteiger partial charge on any atom is 0.449 e. The van der Waals surface area contributed by atoms with Gasteiger partial charge in [0.05, 0.1) is 11.4 Å². The van der Waals surface area contributed by atoms with Crippen molar-refractivity contribution in [3.63, 3.8) is 0 Å². The summed E-state index contributed by atoms with van der Waals surface area (Å²) in [7, 11) is 0. The van der Waals surface area contributed by atoms with Crippen LogP contribution >= 0.6 is 0 Å². The van der Waals surface area contributed by atoms with E-state index >= 15 is 0 Å². The molecule has 4 nitrogen and oxygen atoms in total. The van der Waals surface area contributed by atoms with E-state index in [0.717, 1.165) is 0 Å². The molecule has 0 spiro atoms. The number of imidazole rings is 1. The van der Waals surface area contributed by atoms with Crippen LogP contribution in [-0.2, 0) is 6.18 Å². The summed E-state index contributed by atoms with van der Waals surface area (Å²) in [4.78, 5) is 5.49. The maximum atomic E-state index is 12.2. The molecule has 1 atom stereocenters. The first-order valence-corrected chi connectivity index (χ1v) is 3.95. The van der Waals surface area contributed by atoms with E-state index in [1.807, 2.05) is 0 Å². The van der Waals surface area contributed by atoms with Gasteiger partial charge in [0.15, 0.2) is 5.49 Å². The Labute approximate surface area is 76.5 Å². The van der Waals surface area contributed by atoms with E-state index in [1.54, 1.807) is 13.0 Å². The van der Waals surface area contributed by atoms with Crippen molar-refractivity contribution in [1.29, 1.82) is 0 Å². The van der Waals surface area contributed by atoms with Gasteiger partial charge in [-0.25, -0.2) is 4.98 Å². The molecule has 0 saturated heterocycles. The second kappa shape index (κ2) is 2.73. The predicted molar refractivity (Wildman–Crippen MR) is 41.4 cm³/mol. The number of hydrogen-bond donors (Lipinski definition) is 2. The summed E-state index contributed by atoms with van der Waals surface area (Å²) in [5, 5.41) is 3.99. The van der Waals surface area contributed by atoms with Gasteiger partial charge in [0.25, 0.3) is 0 Å². The summed E-state index contributed by atoms with van der Waals surface area (Å²) >= 11 is 0. The van der Waals surface area contributed by atoms with E-state index in [-0.39, 0.29) is 11.5 Å². The molecule has 0 fully saturated rings. The number of rotatable bonds is 0. The van der Waals surface area contributed by atoms with Gasteiger partial charge in [-0.15, -0.1) is 0 Å². The molecule has 1 unspecified atom stereocenters. The fourth-order valence-electron chi connectivity index (χ4n) is 1.16. The summed E-state index contributed by atoms with van der Waals surface area (Å²) in [6, 6.07) is -0.0935. The molecule has 1 aromatic heterocycles. The zero-order valence-corrected chi connectivity index (χ0v) is 7.18. The highest BCUT2D eigenvalue weighted by Crippen LogP contribution is 2.24. The summed E-state index contributed by atoms with van der Waals surface area (Å²) in [6.45, 7) is 1.78. The van der Waals surface area contributed by atoms with Crippen molar-refractivity contribution in [1.82, 2.24) is 15.4 Å². The molecule has 7 heteroatoms. The lowest BCUT2D eigenvalue weighted by atomic mass is 10.3. The van der Waals surface area contributed by atoms with Gasteiger partial charge < -0.3 is 10.4 Å². The van der Waals surface area contributed by atoms with Crippen LogP contribution in [0.1, 0.15) is 12.7 Å². The maximum absolute atomic E-state index is 12.2. The number of nitrogens with zero attached hydrogens (tertiary/aromatic N) is 2. The number of fused-ring (bicyclic) bond motifs is 1. The van der Waals surface area contributed by atoms with Crippen LogP contribution in [0.2, 0.25) is 0 Å². The van der Waals surface area contributed by atoms with E-state index in [4.69, 9.17) is 0 Å². The van der Waals surface area contributed by atoms with Crippen LogP contribution in [-0.4, -0.2) is 16.0 Å². The third kappa shape index (κ3) is 1.45. The molecule has 2 heterocycles. The molecule has 0 saturated carbocycles. The monoisotopic (exact) mass is 204 g/mol. The number of aromatic amines is 1. The molecule has 0 amide bonds. The highest BCUT2D eigenvalue weighted by atomic mass is 19.4. The Morgan fingerprint density at radius 2 is 2.14 bits per heavy atom. The molecule has 1 aromatic rings. The Kier molecular flexibility index (Phi) is 1.76. The van der Waals surface area contributed by atoms with Gasteiger partial charge in [-0.05, 0) is 13.0 Å². The molecule has 0 bridgehead atoms. The average molecular weight is 204 g/mol. The molecule has 1 aliphatic heterocycles. The second-order valence-electron chi connectivity index (χ2n) is 3.02. The lowest BCUT2D eigenvalue weighted by molar-refractivity contribution is -0.144. The van der Waals surface area contributed by atoms with Gasteiger partial charge in [0.1, 0.15) is 0 Å². The standard InChI is InChI=1S/C7H7F3N4/c1-3-2-4-5(14-13-3)12-6(11-4)7(8,9)10/h2-3,13H,1H3,(H,11,12,14). The number of nitrogens with one attached hydrogen (secondary N) is 2. The predicted octanol–water partition coefficient (Wildman–Crippen LogP) is -0.265. The third-order valence-electron chi connectivity index (χ3n) is 1.77. The molecule has 14 heavy (non-hydrogen) atoms. The Morgan fingerprint density at radius 1 is 1.43 bits per heavy atom. The minimum atomic E-state index is -4.45. The van der Waals surface area contributed by atoms with Crippen LogP contribution in [0.4, 0.5) is 13.2 Å². The number of H-pyrrole nitrogens is 1. The summed E-state index contributed by atoms with van der Waals surface area (Å²) in [6.07, 6.45) is -2.85. The van der Waals surface area contributed by atoms with Crippen LogP contribution in [0.25, 0.3) is 6.08 Å². The van der Waals surface area contributed by atoms with Gasteiger partial charge >= 0.3 is 6.18 Å². The highest BCUT2D eigenvalue weighted by molar-refractivity contribution is 5.26. The van der Waals surface area contributed by atoms with Crippen LogP contribution < -0.4 is 16.3 Å². The SMILES string of the molecule is CC1C=c2[nH]c(C(F)(F)F)nc2=NN1. The van der Waals surface area contributed by atoms with E-state index in [1.165, 1.54) is 0 Å². The number of halogens is 3. The number of hydrogen-bond acceptors (Lipinski definition) is 3. The van der Waals surface area contributed by atoms with Crippen molar-refractivity contribution < 1.29 is 13.2 Å². The van der Waals surface area contributed by atoms with Gasteiger partial charge in [0, 0.05) is 0 Å². The molecule has 2 N–H and O–H groups in total. The Hall–Kier alpha value is -1.53. The number of aromatic nitrogens is 2. The highest BCUT2D eigenvalue weighted by Gasteiger charge is 2.34. The lowest BCUT2D eigenvalue weighted by Crippen LogP contribution is -2.37. The van der Waals surface area contributed by atoms with Crippen LogP contribution in [0.15, 0.2) is 5.10 Å². The molecule has 1 aliphatic rings. The topological polar surface area (TPSA) is 53.1 Å². The first-order valence-electron chi connectivity index (χ1n) is 3.95. The van der Waals surface area contributed by atoms with E-state index < -0.39 is 12.0 Å². The van der Waals surface area contributed by atoms with E-state index in [9.17, 15) is 13.2 Å². The number of alkyl halides is 3. The third-order valence-corrected chi connectivity index (χ3v) is 1.77. The fraction of sp³-hybridized carbons (Fsp3) is 0.429. The first-order chi connectivity index (χ1) is 6.47. The van der Waals surface area contributed by atoms with Gasteiger partial charge in [-0.1, -0.05) is 0 Å². The molecule has 0 aromatic carbocycles. The smallest absolute Gasteiger partial charge is 0.333 e. The van der Waals surface area contributed by atoms with Crippen molar-refractivity contribution in [3.05, 3.63) is 16.7 Å².